The van der Waals surface area contributed by atoms with Crippen LogP contribution in [-0.4, -0.2) is 23.7 Å². The lowest BCUT2D eigenvalue weighted by atomic mass is 10.2. The van der Waals surface area contributed by atoms with Crippen LogP contribution in [-0.2, 0) is 0 Å². The minimum absolute atomic E-state index is 0.0215. The summed E-state index contributed by atoms with van der Waals surface area (Å²) in [6.45, 7) is 1.98. The van der Waals surface area contributed by atoms with Crippen LogP contribution < -0.4 is 11.1 Å². The molecular weight excluding hydrogens is 190 g/mol. The van der Waals surface area contributed by atoms with Crippen LogP contribution in [0.2, 0.25) is 0 Å². The number of rotatable bonds is 4. The van der Waals surface area contributed by atoms with Gasteiger partial charge in [-0.3, -0.25) is 0 Å². The van der Waals surface area contributed by atoms with E-state index in [1.165, 1.54) is 0 Å². The van der Waals surface area contributed by atoms with Gasteiger partial charge in [-0.25, -0.2) is 4.99 Å². The zero-order valence-electron chi connectivity index (χ0n) is 8.85. The van der Waals surface area contributed by atoms with E-state index in [9.17, 15) is 0 Å². The Labute approximate surface area is 89.8 Å². The van der Waals surface area contributed by atoms with Gasteiger partial charge in [0.2, 0.25) is 0 Å². The summed E-state index contributed by atoms with van der Waals surface area (Å²) in [5.41, 5.74) is 6.58. The number of aliphatic hydroxyl groups excluding tert-OH is 1. The van der Waals surface area contributed by atoms with Crippen molar-refractivity contribution in [2.24, 2.45) is 10.7 Å². The summed E-state index contributed by atoms with van der Waals surface area (Å²) in [6.07, 6.45) is 0.771. The van der Waals surface area contributed by atoms with Crippen LogP contribution in [0.1, 0.15) is 13.3 Å². The minimum Gasteiger partial charge on any atom is -0.394 e. The molecule has 1 unspecified atom stereocenters. The van der Waals surface area contributed by atoms with Crippen LogP contribution >= 0.6 is 0 Å². The van der Waals surface area contributed by atoms with Crippen molar-refractivity contribution in [3.63, 3.8) is 0 Å². The van der Waals surface area contributed by atoms with E-state index >= 15 is 0 Å². The molecule has 0 bridgehead atoms. The van der Waals surface area contributed by atoms with Gasteiger partial charge in [0.1, 0.15) is 0 Å². The van der Waals surface area contributed by atoms with Crippen LogP contribution in [0.3, 0.4) is 0 Å². The Morgan fingerprint density at radius 1 is 1.47 bits per heavy atom. The Morgan fingerprint density at radius 2 is 2.13 bits per heavy atom. The molecule has 82 valence electrons. The predicted molar refractivity (Wildman–Crippen MR) is 62.9 cm³/mol. The Bertz CT molecular complexity index is 307. The lowest BCUT2D eigenvalue weighted by Crippen LogP contribution is -2.26. The molecule has 1 rings (SSSR count). The Balaban J connectivity index is 2.58. The molecule has 0 spiro atoms. The highest BCUT2D eigenvalue weighted by Gasteiger charge is 2.02. The first-order valence-electron chi connectivity index (χ1n) is 5.02. The number of hydrogen-bond acceptors (Lipinski definition) is 2. The molecular formula is C11H17N3O. The monoisotopic (exact) mass is 207 g/mol. The molecule has 0 heterocycles. The van der Waals surface area contributed by atoms with E-state index in [-0.39, 0.29) is 12.6 Å². The number of aliphatic hydroxyl groups is 1. The highest BCUT2D eigenvalue weighted by molar-refractivity contribution is 5.92. The summed E-state index contributed by atoms with van der Waals surface area (Å²) in [7, 11) is 0. The van der Waals surface area contributed by atoms with Crippen molar-refractivity contribution in [1.82, 2.24) is 0 Å². The topological polar surface area (TPSA) is 70.6 Å². The van der Waals surface area contributed by atoms with Gasteiger partial charge in [-0.2, -0.15) is 0 Å². The van der Waals surface area contributed by atoms with Crippen LogP contribution in [0.25, 0.3) is 0 Å². The molecule has 0 saturated carbocycles. The number of aliphatic imine (C=N–C) groups is 1. The first-order valence-corrected chi connectivity index (χ1v) is 5.02. The fourth-order valence-electron chi connectivity index (χ4n) is 1.16. The SMILES string of the molecule is CCC(CO)N=C(N)Nc1ccccc1. The van der Waals surface area contributed by atoms with Gasteiger partial charge >= 0.3 is 0 Å². The number of nitrogens with two attached hydrogens (primary N) is 1. The van der Waals surface area contributed by atoms with Crippen molar-refractivity contribution in [3.05, 3.63) is 30.3 Å². The maximum Gasteiger partial charge on any atom is 0.193 e. The van der Waals surface area contributed by atoms with E-state index in [1.807, 2.05) is 37.3 Å². The second-order valence-electron chi connectivity index (χ2n) is 3.25. The van der Waals surface area contributed by atoms with Crippen molar-refractivity contribution in [2.45, 2.75) is 19.4 Å². The van der Waals surface area contributed by atoms with E-state index in [0.29, 0.717) is 5.96 Å². The molecule has 0 fully saturated rings. The van der Waals surface area contributed by atoms with Gasteiger partial charge in [-0.05, 0) is 18.6 Å². The van der Waals surface area contributed by atoms with Crippen LogP contribution in [0.5, 0.6) is 0 Å². The summed E-state index contributed by atoms with van der Waals surface area (Å²) < 4.78 is 0. The first kappa shape index (κ1) is 11.5. The molecule has 1 aromatic rings. The van der Waals surface area contributed by atoms with Crippen molar-refractivity contribution >= 4 is 11.6 Å². The standard InChI is InChI=1S/C11H17N3O/c1-2-9(8-15)13-11(12)14-10-6-4-3-5-7-10/h3-7,9,15H,2,8H2,1H3,(H3,12,13,14). The van der Waals surface area contributed by atoms with Gasteiger partial charge in [0.25, 0.3) is 0 Å². The normalized spacial score (nSPS) is 13.6. The quantitative estimate of drug-likeness (QED) is 0.513. The molecule has 4 N–H and O–H groups in total. The Kier molecular flexibility index (Phi) is 4.63. The molecule has 0 saturated heterocycles. The molecule has 4 heteroatoms. The van der Waals surface area contributed by atoms with Crippen LogP contribution in [0.15, 0.2) is 35.3 Å². The Hall–Kier alpha value is -1.55. The third-order valence-electron chi connectivity index (χ3n) is 2.05. The summed E-state index contributed by atoms with van der Waals surface area (Å²) in [5.74, 6) is 0.335. The van der Waals surface area contributed by atoms with Crippen LogP contribution in [0, 0.1) is 0 Å². The minimum atomic E-state index is -0.124. The van der Waals surface area contributed by atoms with E-state index in [1.54, 1.807) is 0 Å². The third kappa shape index (κ3) is 3.99. The van der Waals surface area contributed by atoms with E-state index < -0.39 is 0 Å². The number of hydrogen-bond donors (Lipinski definition) is 3. The molecule has 0 aromatic heterocycles. The number of guanidine groups is 1. The fraction of sp³-hybridized carbons (Fsp3) is 0.364. The fourth-order valence-corrected chi connectivity index (χ4v) is 1.16. The number of anilines is 1. The van der Waals surface area contributed by atoms with Gasteiger partial charge in [-0.1, -0.05) is 25.1 Å². The highest BCUT2D eigenvalue weighted by Crippen LogP contribution is 2.04. The molecule has 0 aliphatic rings. The number of benzene rings is 1. The summed E-state index contributed by atoms with van der Waals surface area (Å²) in [4.78, 5) is 4.14. The van der Waals surface area contributed by atoms with Crippen molar-refractivity contribution < 1.29 is 5.11 Å². The maximum atomic E-state index is 8.95. The van der Waals surface area contributed by atoms with E-state index in [0.717, 1.165) is 12.1 Å². The summed E-state index contributed by atoms with van der Waals surface area (Å²) >= 11 is 0. The number of nitrogens with one attached hydrogen (secondary N) is 1. The molecule has 4 nitrogen and oxygen atoms in total. The van der Waals surface area contributed by atoms with E-state index in [4.69, 9.17) is 10.8 Å². The Morgan fingerprint density at radius 3 is 2.67 bits per heavy atom. The first-order chi connectivity index (χ1) is 7.26. The van der Waals surface area contributed by atoms with Crippen LogP contribution in [0.4, 0.5) is 5.69 Å². The number of para-hydroxylation sites is 1. The molecule has 1 aromatic carbocycles. The highest BCUT2D eigenvalue weighted by atomic mass is 16.3. The molecule has 1 atom stereocenters. The van der Waals surface area contributed by atoms with Gasteiger partial charge < -0.3 is 16.2 Å². The molecule has 15 heavy (non-hydrogen) atoms. The lowest BCUT2D eigenvalue weighted by molar-refractivity contribution is 0.264. The van der Waals surface area contributed by atoms with Gasteiger partial charge in [0, 0.05) is 5.69 Å². The molecule has 0 aliphatic carbocycles. The summed E-state index contributed by atoms with van der Waals surface area (Å²) in [6, 6.07) is 9.45. The number of nitrogens with zero attached hydrogens (tertiary/aromatic N) is 1. The largest absolute Gasteiger partial charge is 0.394 e. The lowest BCUT2D eigenvalue weighted by Gasteiger charge is -2.09. The summed E-state index contributed by atoms with van der Waals surface area (Å²) in [5, 5.41) is 11.9. The van der Waals surface area contributed by atoms with Gasteiger partial charge in [0.05, 0.1) is 12.6 Å². The molecule has 0 aliphatic heterocycles. The molecule has 0 amide bonds. The maximum absolute atomic E-state index is 8.95. The second-order valence-corrected chi connectivity index (χ2v) is 3.25. The van der Waals surface area contributed by atoms with E-state index in [2.05, 4.69) is 10.3 Å². The second kappa shape index (κ2) is 6.03. The third-order valence-corrected chi connectivity index (χ3v) is 2.05. The molecule has 0 radical (unpaired) electrons. The zero-order chi connectivity index (χ0) is 11.1. The average Bonchev–Trinajstić information content (AvgIpc) is 2.27. The van der Waals surface area contributed by atoms with Crippen molar-refractivity contribution in [3.8, 4) is 0 Å². The van der Waals surface area contributed by atoms with Crippen molar-refractivity contribution in [1.29, 1.82) is 0 Å². The van der Waals surface area contributed by atoms with Gasteiger partial charge in [0.15, 0.2) is 5.96 Å². The zero-order valence-corrected chi connectivity index (χ0v) is 8.85. The smallest absolute Gasteiger partial charge is 0.193 e. The van der Waals surface area contributed by atoms with Crippen molar-refractivity contribution in [2.75, 3.05) is 11.9 Å². The average molecular weight is 207 g/mol. The van der Waals surface area contributed by atoms with Gasteiger partial charge in [-0.15, -0.1) is 0 Å². The predicted octanol–water partition coefficient (Wildman–Crippen LogP) is 1.18.